The Labute approximate surface area is 89.1 Å². The van der Waals surface area contributed by atoms with E-state index in [4.69, 9.17) is 5.11 Å². The SMILES string of the molecule is CC(C)[C@H]1CNc2c(C(=O)O)cccc21. The molecule has 0 spiro atoms. The Bertz CT molecular complexity index is 399. The molecule has 1 aromatic rings. The molecule has 0 fully saturated rings. The molecule has 2 N–H and O–H groups in total. The summed E-state index contributed by atoms with van der Waals surface area (Å²) in [5.41, 5.74) is 2.34. The Kier molecular flexibility index (Phi) is 2.39. The number of carboxylic acids is 1. The Morgan fingerprint density at radius 3 is 2.87 bits per heavy atom. The first-order valence-corrected chi connectivity index (χ1v) is 5.21. The van der Waals surface area contributed by atoms with Gasteiger partial charge in [-0.2, -0.15) is 0 Å². The molecule has 1 heterocycles. The topological polar surface area (TPSA) is 49.3 Å². The van der Waals surface area contributed by atoms with Crippen molar-refractivity contribution in [2.24, 2.45) is 5.92 Å². The predicted molar refractivity (Wildman–Crippen MR) is 59.5 cm³/mol. The number of aromatic carboxylic acids is 1. The minimum atomic E-state index is -0.858. The van der Waals surface area contributed by atoms with Crippen molar-refractivity contribution < 1.29 is 9.90 Å². The fraction of sp³-hybridized carbons (Fsp3) is 0.417. The second-order valence-corrected chi connectivity index (χ2v) is 4.31. The zero-order chi connectivity index (χ0) is 11.0. The summed E-state index contributed by atoms with van der Waals surface area (Å²) in [7, 11) is 0. The molecular weight excluding hydrogens is 190 g/mol. The number of para-hydroxylation sites is 1. The summed E-state index contributed by atoms with van der Waals surface area (Å²) in [5, 5.41) is 12.2. The Morgan fingerprint density at radius 1 is 1.53 bits per heavy atom. The number of anilines is 1. The lowest BCUT2D eigenvalue weighted by molar-refractivity contribution is 0.0698. The number of fused-ring (bicyclic) bond motifs is 1. The van der Waals surface area contributed by atoms with Crippen LogP contribution in [0.25, 0.3) is 0 Å². The number of carbonyl (C=O) groups is 1. The van der Waals surface area contributed by atoms with Crippen molar-refractivity contribution in [2.45, 2.75) is 19.8 Å². The summed E-state index contributed by atoms with van der Waals surface area (Å²) >= 11 is 0. The van der Waals surface area contributed by atoms with E-state index in [0.717, 1.165) is 17.8 Å². The number of benzene rings is 1. The molecule has 3 nitrogen and oxygen atoms in total. The minimum Gasteiger partial charge on any atom is -0.478 e. The third-order valence-electron chi connectivity index (χ3n) is 3.03. The van der Waals surface area contributed by atoms with E-state index in [-0.39, 0.29) is 0 Å². The van der Waals surface area contributed by atoms with Gasteiger partial charge in [0, 0.05) is 12.5 Å². The van der Waals surface area contributed by atoms with Gasteiger partial charge in [-0.1, -0.05) is 26.0 Å². The summed E-state index contributed by atoms with van der Waals surface area (Å²) < 4.78 is 0. The molecule has 0 aromatic heterocycles. The first-order chi connectivity index (χ1) is 7.11. The van der Waals surface area contributed by atoms with Crippen LogP contribution in [0.1, 0.15) is 35.7 Å². The lowest BCUT2D eigenvalue weighted by Gasteiger charge is -2.13. The molecule has 0 bridgehead atoms. The second-order valence-electron chi connectivity index (χ2n) is 4.31. The van der Waals surface area contributed by atoms with Crippen LogP contribution >= 0.6 is 0 Å². The van der Waals surface area contributed by atoms with Crippen LogP contribution in [0.15, 0.2) is 18.2 Å². The molecule has 0 amide bonds. The van der Waals surface area contributed by atoms with Gasteiger partial charge >= 0.3 is 5.97 Å². The van der Waals surface area contributed by atoms with E-state index in [1.165, 1.54) is 0 Å². The van der Waals surface area contributed by atoms with Gasteiger partial charge in [0.1, 0.15) is 0 Å². The van der Waals surface area contributed by atoms with E-state index < -0.39 is 5.97 Å². The molecule has 0 radical (unpaired) electrons. The first-order valence-electron chi connectivity index (χ1n) is 5.21. The molecule has 0 saturated carbocycles. The Morgan fingerprint density at radius 2 is 2.27 bits per heavy atom. The molecule has 1 aliphatic rings. The highest BCUT2D eigenvalue weighted by Gasteiger charge is 2.27. The molecule has 3 heteroatoms. The average Bonchev–Trinajstić information content (AvgIpc) is 2.59. The third kappa shape index (κ3) is 1.58. The summed E-state index contributed by atoms with van der Waals surface area (Å²) in [6, 6.07) is 5.49. The monoisotopic (exact) mass is 205 g/mol. The average molecular weight is 205 g/mol. The van der Waals surface area contributed by atoms with Crippen molar-refractivity contribution >= 4 is 11.7 Å². The van der Waals surface area contributed by atoms with Crippen molar-refractivity contribution in [2.75, 3.05) is 11.9 Å². The molecule has 1 aromatic carbocycles. The van der Waals surface area contributed by atoms with Crippen LogP contribution in [0.4, 0.5) is 5.69 Å². The van der Waals surface area contributed by atoms with Crippen molar-refractivity contribution in [1.82, 2.24) is 0 Å². The van der Waals surface area contributed by atoms with Crippen LogP contribution in [-0.4, -0.2) is 17.6 Å². The molecule has 15 heavy (non-hydrogen) atoms. The van der Waals surface area contributed by atoms with Crippen LogP contribution in [-0.2, 0) is 0 Å². The Balaban J connectivity index is 2.48. The summed E-state index contributed by atoms with van der Waals surface area (Å²) in [6.07, 6.45) is 0. The highest BCUT2D eigenvalue weighted by atomic mass is 16.4. The number of hydrogen-bond acceptors (Lipinski definition) is 2. The zero-order valence-electron chi connectivity index (χ0n) is 8.95. The van der Waals surface area contributed by atoms with Gasteiger partial charge in [-0.15, -0.1) is 0 Å². The maximum atomic E-state index is 11.0. The van der Waals surface area contributed by atoms with Gasteiger partial charge in [0.2, 0.25) is 0 Å². The van der Waals surface area contributed by atoms with E-state index >= 15 is 0 Å². The lowest BCUT2D eigenvalue weighted by atomic mass is 9.89. The molecule has 80 valence electrons. The van der Waals surface area contributed by atoms with Crippen LogP contribution in [0.5, 0.6) is 0 Å². The summed E-state index contributed by atoms with van der Waals surface area (Å²) in [6.45, 7) is 5.17. The fourth-order valence-corrected chi connectivity index (χ4v) is 2.17. The molecule has 1 atom stereocenters. The quantitative estimate of drug-likeness (QED) is 0.780. The van der Waals surface area contributed by atoms with Gasteiger partial charge in [0.05, 0.1) is 11.3 Å². The van der Waals surface area contributed by atoms with Gasteiger partial charge in [0.15, 0.2) is 0 Å². The van der Waals surface area contributed by atoms with E-state index in [2.05, 4.69) is 19.2 Å². The van der Waals surface area contributed by atoms with Crippen molar-refractivity contribution in [3.8, 4) is 0 Å². The van der Waals surface area contributed by atoms with E-state index in [9.17, 15) is 4.79 Å². The van der Waals surface area contributed by atoms with Gasteiger partial charge in [-0.25, -0.2) is 4.79 Å². The molecule has 2 rings (SSSR count). The lowest BCUT2D eigenvalue weighted by Crippen LogP contribution is -2.08. The van der Waals surface area contributed by atoms with Crippen LogP contribution in [0.2, 0.25) is 0 Å². The number of carboxylic acid groups (broad SMARTS) is 1. The smallest absolute Gasteiger partial charge is 0.337 e. The normalized spacial score (nSPS) is 18.7. The largest absolute Gasteiger partial charge is 0.478 e. The van der Waals surface area contributed by atoms with Crippen LogP contribution in [0.3, 0.4) is 0 Å². The van der Waals surface area contributed by atoms with Crippen LogP contribution < -0.4 is 5.32 Å². The predicted octanol–water partition coefficient (Wildman–Crippen LogP) is 2.55. The molecule has 0 aliphatic carbocycles. The summed E-state index contributed by atoms with van der Waals surface area (Å²) in [5.74, 6) is 0.103. The highest BCUT2D eigenvalue weighted by Crippen LogP contribution is 2.38. The van der Waals surface area contributed by atoms with E-state index in [1.807, 2.05) is 12.1 Å². The first kappa shape index (κ1) is 10.0. The molecular formula is C12H15NO2. The maximum absolute atomic E-state index is 11.0. The molecule has 1 aliphatic heterocycles. The van der Waals surface area contributed by atoms with E-state index in [0.29, 0.717) is 17.4 Å². The van der Waals surface area contributed by atoms with Crippen LogP contribution in [0, 0.1) is 5.92 Å². The number of hydrogen-bond donors (Lipinski definition) is 2. The van der Waals surface area contributed by atoms with Gasteiger partial charge in [-0.3, -0.25) is 0 Å². The van der Waals surface area contributed by atoms with Crippen molar-refractivity contribution in [1.29, 1.82) is 0 Å². The molecule has 0 unspecified atom stereocenters. The Hall–Kier alpha value is -1.51. The van der Waals surface area contributed by atoms with Gasteiger partial charge in [-0.05, 0) is 17.5 Å². The second kappa shape index (κ2) is 3.57. The highest BCUT2D eigenvalue weighted by molar-refractivity contribution is 5.95. The van der Waals surface area contributed by atoms with Gasteiger partial charge in [0.25, 0.3) is 0 Å². The fourth-order valence-electron chi connectivity index (χ4n) is 2.17. The zero-order valence-corrected chi connectivity index (χ0v) is 8.95. The van der Waals surface area contributed by atoms with Gasteiger partial charge < -0.3 is 10.4 Å². The number of rotatable bonds is 2. The third-order valence-corrected chi connectivity index (χ3v) is 3.03. The minimum absolute atomic E-state index is 0.385. The molecule has 0 saturated heterocycles. The summed E-state index contributed by atoms with van der Waals surface area (Å²) in [4.78, 5) is 11.0. The van der Waals surface area contributed by atoms with Crippen molar-refractivity contribution in [3.05, 3.63) is 29.3 Å². The number of nitrogens with one attached hydrogen (secondary N) is 1. The van der Waals surface area contributed by atoms with E-state index in [1.54, 1.807) is 6.07 Å². The maximum Gasteiger partial charge on any atom is 0.337 e. The standard InChI is InChI=1S/C12H15NO2/c1-7(2)10-6-13-11-8(10)4-3-5-9(11)12(14)15/h3-5,7,10,13H,6H2,1-2H3,(H,14,15)/t10-/m1/s1. The van der Waals surface area contributed by atoms with Crippen molar-refractivity contribution in [3.63, 3.8) is 0 Å².